The van der Waals surface area contributed by atoms with Gasteiger partial charge in [-0.1, -0.05) is 22.0 Å². The second-order valence-electron chi connectivity index (χ2n) is 4.89. The first-order valence-corrected chi connectivity index (χ1v) is 7.92. The molecule has 0 N–H and O–H groups in total. The monoisotopic (exact) mass is 366 g/mol. The van der Waals surface area contributed by atoms with E-state index in [1.54, 1.807) is 6.07 Å². The molecular weight excluding hydrogens is 355 g/mol. The van der Waals surface area contributed by atoms with Crippen molar-refractivity contribution in [3.8, 4) is 5.69 Å². The fraction of sp³-hybridized carbons (Fsp3) is 0.188. The van der Waals surface area contributed by atoms with Crippen LogP contribution in [0.5, 0.6) is 0 Å². The van der Waals surface area contributed by atoms with Crippen LogP contribution in [0.4, 0.5) is 4.39 Å². The van der Waals surface area contributed by atoms with Gasteiger partial charge in [0.25, 0.3) is 0 Å². The smallest absolute Gasteiger partial charge is 0.147 e. The average Bonchev–Trinajstić information content (AvgIpc) is 2.76. The van der Waals surface area contributed by atoms with Crippen LogP contribution in [0.2, 0.25) is 0 Å². The molecule has 0 aliphatic heterocycles. The van der Waals surface area contributed by atoms with E-state index in [0.717, 1.165) is 26.9 Å². The lowest BCUT2D eigenvalue weighted by molar-refractivity contribution is 0.616. The SMILES string of the molecule is Cc1ccc(-n2c(CCCl)nc3cc(Br)ccc32)c(F)c1. The first-order chi connectivity index (χ1) is 10.1. The van der Waals surface area contributed by atoms with Crippen LogP contribution in [-0.2, 0) is 6.42 Å². The molecule has 3 rings (SSSR count). The van der Waals surface area contributed by atoms with Gasteiger partial charge in [-0.15, -0.1) is 11.6 Å². The van der Waals surface area contributed by atoms with Gasteiger partial charge < -0.3 is 0 Å². The predicted octanol–water partition coefficient (Wildman–Crippen LogP) is 5.02. The molecule has 0 aliphatic carbocycles. The number of alkyl halides is 1. The maximum Gasteiger partial charge on any atom is 0.147 e. The Morgan fingerprint density at radius 3 is 2.76 bits per heavy atom. The van der Waals surface area contributed by atoms with Crippen LogP contribution in [0.1, 0.15) is 11.4 Å². The third-order valence-corrected chi connectivity index (χ3v) is 4.03. The van der Waals surface area contributed by atoms with Crippen molar-refractivity contribution in [2.45, 2.75) is 13.3 Å². The van der Waals surface area contributed by atoms with Crippen molar-refractivity contribution in [2.75, 3.05) is 5.88 Å². The van der Waals surface area contributed by atoms with Gasteiger partial charge >= 0.3 is 0 Å². The van der Waals surface area contributed by atoms with Crippen molar-refractivity contribution in [3.63, 3.8) is 0 Å². The molecule has 0 fully saturated rings. The quantitative estimate of drug-likeness (QED) is 0.595. The number of hydrogen-bond acceptors (Lipinski definition) is 1. The number of hydrogen-bond donors (Lipinski definition) is 0. The number of aryl methyl sites for hydroxylation is 2. The number of halogens is 3. The van der Waals surface area contributed by atoms with Crippen LogP contribution in [0, 0.1) is 12.7 Å². The van der Waals surface area contributed by atoms with Crippen LogP contribution in [0.15, 0.2) is 40.9 Å². The molecule has 1 aromatic heterocycles. The molecular formula is C16H13BrClFN2. The molecule has 108 valence electrons. The molecule has 5 heteroatoms. The highest BCUT2D eigenvalue weighted by molar-refractivity contribution is 9.10. The second-order valence-corrected chi connectivity index (χ2v) is 6.18. The van der Waals surface area contributed by atoms with E-state index in [2.05, 4.69) is 20.9 Å². The van der Waals surface area contributed by atoms with Crippen LogP contribution in [0.25, 0.3) is 16.7 Å². The summed E-state index contributed by atoms with van der Waals surface area (Å²) in [4.78, 5) is 4.59. The van der Waals surface area contributed by atoms with E-state index in [1.165, 1.54) is 6.07 Å². The topological polar surface area (TPSA) is 17.8 Å². The number of aromatic nitrogens is 2. The van der Waals surface area contributed by atoms with Gasteiger partial charge in [-0.25, -0.2) is 9.37 Å². The Morgan fingerprint density at radius 1 is 1.24 bits per heavy atom. The lowest BCUT2D eigenvalue weighted by Crippen LogP contribution is -2.04. The summed E-state index contributed by atoms with van der Waals surface area (Å²) in [7, 11) is 0. The zero-order valence-electron chi connectivity index (χ0n) is 11.4. The third kappa shape index (κ3) is 2.70. The molecule has 2 aromatic carbocycles. The van der Waals surface area contributed by atoms with Crippen LogP contribution in [0.3, 0.4) is 0 Å². The van der Waals surface area contributed by atoms with Crippen molar-refractivity contribution in [2.24, 2.45) is 0 Å². The molecule has 0 unspecified atom stereocenters. The minimum absolute atomic E-state index is 0.256. The highest BCUT2D eigenvalue weighted by Gasteiger charge is 2.15. The summed E-state index contributed by atoms with van der Waals surface area (Å²) >= 11 is 9.30. The summed E-state index contributed by atoms with van der Waals surface area (Å²) in [5, 5.41) is 0. The van der Waals surface area contributed by atoms with Crippen molar-refractivity contribution in [3.05, 3.63) is 58.1 Å². The molecule has 0 spiro atoms. The number of imidazole rings is 1. The minimum atomic E-state index is -0.256. The van der Waals surface area contributed by atoms with E-state index >= 15 is 0 Å². The molecule has 2 nitrogen and oxygen atoms in total. The van der Waals surface area contributed by atoms with Gasteiger partial charge in [-0.05, 0) is 42.8 Å². The number of rotatable bonds is 3. The zero-order valence-corrected chi connectivity index (χ0v) is 13.7. The number of benzene rings is 2. The van der Waals surface area contributed by atoms with Gasteiger partial charge in [-0.2, -0.15) is 0 Å². The fourth-order valence-electron chi connectivity index (χ4n) is 2.42. The highest BCUT2D eigenvalue weighted by atomic mass is 79.9. The Balaban J connectivity index is 2.30. The van der Waals surface area contributed by atoms with Crippen LogP contribution < -0.4 is 0 Å². The molecule has 0 aliphatic rings. The third-order valence-electron chi connectivity index (χ3n) is 3.35. The van der Waals surface area contributed by atoms with E-state index in [1.807, 2.05) is 35.8 Å². The molecule has 0 amide bonds. The molecule has 21 heavy (non-hydrogen) atoms. The van der Waals surface area contributed by atoms with E-state index < -0.39 is 0 Å². The predicted molar refractivity (Wildman–Crippen MR) is 87.9 cm³/mol. The Hall–Kier alpha value is -1.39. The molecule has 0 atom stereocenters. The maximum atomic E-state index is 14.4. The fourth-order valence-corrected chi connectivity index (χ4v) is 2.94. The standard InChI is InChI=1S/C16H13BrClFN2/c1-10-2-4-14(12(19)8-10)21-15-5-3-11(17)9-13(15)20-16(21)6-7-18/h2-5,8-9H,6-7H2,1H3. The van der Waals surface area contributed by atoms with Gasteiger partial charge in [0.15, 0.2) is 0 Å². The largest absolute Gasteiger partial charge is 0.293 e. The Bertz CT molecular complexity index is 813. The number of nitrogens with zero attached hydrogens (tertiary/aromatic N) is 2. The van der Waals surface area contributed by atoms with E-state index in [-0.39, 0.29) is 5.82 Å². The van der Waals surface area contributed by atoms with Crippen molar-refractivity contribution >= 4 is 38.6 Å². The molecule has 0 bridgehead atoms. The van der Waals surface area contributed by atoms with Crippen LogP contribution >= 0.6 is 27.5 Å². The first kappa shape index (κ1) is 14.5. The Labute approximate surface area is 135 Å². The summed E-state index contributed by atoms with van der Waals surface area (Å²) in [5.41, 5.74) is 3.10. The van der Waals surface area contributed by atoms with Crippen LogP contribution in [-0.4, -0.2) is 15.4 Å². The average molecular weight is 368 g/mol. The van der Waals surface area contributed by atoms with Gasteiger partial charge in [0.1, 0.15) is 11.6 Å². The second kappa shape index (κ2) is 5.78. The lowest BCUT2D eigenvalue weighted by Gasteiger charge is -2.10. The Morgan fingerprint density at radius 2 is 2.05 bits per heavy atom. The van der Waals surface area contributed by atoms with Crippen molar-refractivity contribution < 1.29 is 4.39 Å². The summed E-state index contributed by atoms with van der Waals surface area (Å²) in [6.07, 6.45) is 0.584. The minimum Gasteiger partial charge on any atom is -0.293 e. The molecule has 3 aromatic rings. The summed E-state index contributed by atoms with van der Waals surface area (Å²) in [5.74, 6) is 0.951. The van der Waals surface area contributed by atoms with E-state index in [9.17, 15) is 4.39 Å². The van der Waals surface area contributed by atoms with E-state index in [0.29, 0.717) is 18.0 Å². The van der Waals surface area contributed by atoms with Crippen molar-refractivity contribution in [1.82, 2.24) is 9.55 Å². The zero-order chi connectivity index (χ0) is 15.0. The summed E-state index contributed by atoms with van der Waals surface area (Å²) < 4.78 is 17.1. The summed E-state index contributed by atoms with van der Waals surface area (Å²) in [6, 6.07) is 11.0. The van der Waals surface area contributed by atoms with E-state index in [4.69, 9.17) is 11.6 Å². The lowest BCUT2D eigenvalue weighted by atomic mass is 10.2. The first-order valence-electron chi connectivity index (χ1n) is 6.59. The van der Waals surface area contributed by atoms with Gasteiger partial charge in [0.2, 0.25) is 0 Å². The molecule has 0 saturated heterocycles. The Kier molecular flexibility index (Phi) is 4.00. The number of fused-ring (bicyclic) bond motifs is 1. The molecule has 0 radical (unpaired) electrons. The maximum absolute atomic E-state index is 14.4. The van der Waals surface area contributed by atoms with Crippen molar-refractivity contribution in [1.29, 1.82) is 0 Å². The molecule has 0 saturated carbocycles. The molecule has 1 heterocycles. The van der Waals surface area contributed by atoms with Gasteiger partial charge in [0, 0.05) is 16.8 Å². The van der Waals surface area contributed by atoms with Gasteiger partial charge in [-0.3, -0.25) is 4.57 Å². The summed E-state index contributed by atoms with van der Waals surface area (Å²) in [6.45, 7) is 1.87. The highest BCUT2D eigenvalue weighted by Crippen LogP contribution is 2.26. The van der Waals surface area contributed by atoms with Gasteiger partial charge in [0.05, 0.1) is 16.7 Å². The normalized spacial score (nSPS) is 11.2.